The van der Waals surface area contributed by atoms with Gasteiger partial charge in [-0.05, 0) is 18.6 Å². The largest absolute Gasteiger partial charge is 0.311 e. The third kappa shape index (κ3) is 3.08. The predicted octanol–water partition coefficient (Wildman–Crippen LogP) is 1.92. The molecule has 0 amide bonds. The number of hydrogen-bond acceptors (Lipinski definition) is 3. The number of rotatable bonds is 4. The first-order valence-electron chi connectivity index (χ1n) is 7.33. The summed E-state index contributed by atoms with van der Waals surface area (Å²) in [6.45, 7) is 6.34. The summed E-state index contributed by atoms with van der Waals surface area (Å²) in [4.78, 5) is 2.57. The maximum atomic E-state index is 4.29. The second kappa shape index (κ2) is 6.20. The van der Waals surface area contributed by atoms with E-state index in [9.17, 15) is 0 Å². The minimum absolute atomic E-state index is 0.461. The Morgan fingerprint density at radius 1 is 1.20 bits per heavy atom. The lowest BCUT2D eigenvalue weighted by Gasteiger charge is -2.39. The third-order valence-corrected chi connectivity index (χ3v) is 3.97. The summed E-state index contributed by atoms with van der Waals surface area (Å²) in [7, 11) is 0. The number of nitrogens with one attached hydrogen (secondary N) is 1. The van der Waals surface area contributed by atoms with Crippen LogP contribution in [0.3, 0.4) is 0 Å². The molecule has 1 aromatic heterocycles. The lowest BCUT2D eigenvalue weighted by molar-refractivity contribution is 0.129. The summed E-state index contributed by atoms with van der Waals surface area (Å²) >= 11 is 0. The molecule has 1 N–H and O–H groups in total. The highest BCUT2D eigenvalue weighted by Gasteiger charge is 2.26. The molecular formula is C16H22N4. The van der Waals surface area contributed by atoms with Gasteiger partial charge in [-0.2, -0.15) is 5.10 Å². The van der Waals surface area contributed by atoms with E-state index in [4.69, 9.17) is 0 Å². The average molecular weight is 270 g/mol. The van der Waals surface area contributed by atoms with Crippen molar-refractivity contribution in [2.24, 2.45) is 0 Å². The topological polar surface area (TPSA) is 33.1 Å². The summed E-state index contributed by atoms with van der Waals surface area (Å²) in [5.74, 6) is 0. The van der Waals surface area contributed by atoms with Gasteiger partial charge in [-0.3, -0.25) is 9.58 Å². The fourth-order valence-electron chi connectivity index (χ4n) is 2.90. The standard InChI is InChI=1S/C16H22N4/c1-14-13-19(10-11-20-9-5-8-18-20)16(12-17-14)15-6-3-2-4-7-15/h2-9,14,16-17H,10-13H2,1H3. The molecule has 20 heavy (non-hydrogen) atoms. The average Bonchev–Trinajstić information content (AvgIpc) is 2.99. The Kier molecular flexibility index (Phi) is 4.14. The van der Waals surface area contributed by atoms with Crippen molar-refractivity contribution in [1.29, 1.82) is 0 Å². The van der Waals surface area contributed by atoms with Crippen molar-refractivity contribution in [3.8, 4) is 0 Å². The summed E-state index contributed by atoms with van der Waals surface area (Å²) in [5, 5.41) is 7.88. The van der Waals surface area contributed by atoms with Gasteiger partial charge in [-0.1, -0.05) is 30.3 Å². The molecule has 4 nitrogen and oxygen atoms in total. The van der Waals surface area contributed by atoms with Crippen molar-refractivity contribution in [3.05, 3.63) is 54.4 Å². The van der Waals surface area contributed by atoms with Crippen LogP contribution in [0.4, 0.5) is 0 Å². The van der Waals surface area contributed by atoms with Crippen molar-refractivity contribution in [2.75, 3.05) is 19.6 Å². The lowest BCUT2D eigenvalue weighted by Crippen LogP contribution is -2.51. The van der Waals surface area contributed by atoms with Gasteiger partial charge in [0, 0.05) is 44.1 Å². The fraction of sp³-hybridized carbons (Fsp3) is 0.438. The molecule has 0 radical (unpaired) electrons. The second-order valence-corrected chi connectivity index (χ2v) is 5.50. The highest BCUT2D eigenvalue weighted by molar-refractivity contribution is 5.20. The SMILES string of the molecule is CC1CN(CCn2cccn2)C(c2ccccc2)CN1. The lowest BCUT2D eigenvalue weighted by atomic mass is 10.0. The number of aromatic nitrogens is 2. The maximum absolute atomic E-state index is 4.29. The van der Waals surface area contributed by atoms with Gasteiger partial charge in [0.1, 0.15) is 0 Å². The zero-order chi connectivity index (χ0) is 13.8. The van der Waals surface area contributed by atoms with Crippen molar-refractivity contribution >= 4 is 0 Å². The summed E-state index contributed by atoms with van der Waals surface area (Å²) in [5.41, 5.74) is 1.40. The van der Waals surface area contributed by atoms with Gasteiger partial charge in [-0.15, -0.1) is 0 Å². The minimum atomic E-state index is 0.461. The van der Waals surface area contributed by atoms with Crippen LogP contribution in [0.25, 0.3) is 0 Å². The second-order valence-electron chi connectivity index (χ2n) is 5.50. The molecule has 1 aliphatic heterocycles. The number of nitrogens with zero attached hydrogens (tertiary/aromatic N) is 3. The predicted molar refractivity (Wildman–Crippen MR) is 80.4 cm³/mol. The number of benzene rings is 1. The molecule has 0 spiro atoms. The van der Waals surface area contributed by atoms with Gasteiger partial charge >= 0.3 is 0 Å². The Bertz CT molecular complexity index is 509. The minimum Gasteiger partial charge on any atom is -0.311 e. The van der Waals surface area contributed by atoms with Crippen LogP contribution in [0, 0.1) is 0 Å². The summed E-state index contributed by atoms with van der Waals surface area (Å²) in [6.07, 6.45) is 3.87. The van der Waals surface area contributed by atoms with E-state index in [1.807, 2.05) is 23.1 Å². The molecule has 4 heteroatoms. The van der Waals surface area contributed by atoms with E-state index >= 15 is 0 Å². The van der Waals surface area contributed by atoms with E-state index in [-0.39, 0.29) is 0 Å². The molecule has 2 atom stereocenters. The molecule has 2 heterocycles. The molecule has 1 aliphatic rings. The fourth-order valence-corrected chi connectivity index (χ4v) is 2.90. The molecule has 0 aliphatic carbocycles. The normalized spacial score (nSPS) is 23.9. The Labute approximate surface area is 120 Å². The Balaban J connectivity index is 1.70. The molecule has 3 rings (SSSR count). The van der Waals surface area contributed by atoms with Crippen LogP contribution in [0.15, 0.2) is 48.8 Å². The molecule has 1 saturated heterocycles. The molecule has 2 unspecified atom stereocenters. The van der Waals surface area contributed by atoms with Gasteiger partial charge in [0.15, 0.2) is 0 Å². The van der Waals surface area contributed by atoms with Crippen LogP contribution in [0.5, 0.6) is 0 Å². The monoisotopic (exact) mass is 270 g/mol. The first-order chi connectivity index (χ1) is 9.83. The van der Waals surface area contributed by atoms with E-state index in [0.717, 1.165) is 26.2 Å². The first-order valence-corrected chi connectivity index (χ1v) is 7.33. The zero-order valence-corrected chi connectivity index (χ0v) is 11.9. The molecule has 2 aromatic rings. The Morgan fingerprint density at radius 2 is 2.05 bits per heavy atom. The van der Waals surface area contributed by atoms with Crippen molar-refractivity contribution in [2.45, 2.75) is 25.6 Å². The van der Waals surface area contributed by atoms with Gasteiger partial charge in [0.05, 0.1) is 6.54 Å². The Hall–Kier alpha value is -1.65. The van der Waals surface area contributed by atoms with E-state index < -0.39 is 0 Å². The first kappa shape index (κ1) is 13.3. The van der Waals surface area contributed by atoms with Crippen molar-refractivity contribution < 1.29 is 0 Å². The highest BCUT2D eigenvalue weighted by Crippen LogP contribution is 2.23. The van der Waals surface area contributed by atoms with E-state index in [1.165, 1.54) is 5.56 Å². The molecular weight excluding hydrogens is 248 g/mol. The van der Waals surface area contributed by atoms with E-state index in [1.54, 1.807) is 0 Å². The Morgan fingerprint density at radius 3 is 2.80 bits per heavy atom. The van der Waals surface area contributed by atoms with Crippen LogP contribution < -0.4 is 5.32 Å². The molecule has 1 fully saturated rings. The van der Waals surface area contributed by atoms with Gasteiger partial charge < -0.3 is 5.32 Å². The van der Waals surface area contributed by atoms with E-state index in [0.29, 0.717) is 12.1 Å². The maximum Gasteiger partial charge on any atom is 0.0536 e. The van der Waals surface area contributed by atoms with Crippen molar-refractivity contribution in [1.82, 2.24) is 20.0 Å². The summed E-state index contributed by atoms with van der Waals surface area (Å²) < 4.78 is 2.01. The number of piperazine rings is 1. The third-order valence-electron chi connectivity index (χ3n) is 3.97. The van der Waals surface area contributed by atoms with Crippen molar-refractivity contribution in [3.63, 3.8) is 0 Å². The quantitative estimate of drug-likeness (QED) is 0.921. The summed E-state index contributed by atoms with van der Waals surface area (Å²) in [6, 6.07) is 13.8. The molecule has 0 bridgehead atoms. The highest BCUT2D eigenvalue weighted by atomic mass is 15.3. The molecule has 0 saturated carbocycles. The molecule has 1 aromatic carbocycles. The van der Waals surface area contributed by atoms with Gasteiger partial charge in [0.2, 0.25) is 0 Å². The van der Waals surface area contributed by atoms with Crippen LogP contribution in [0.1, 0.15) is 18.5 Å². The van der Waals surface area contributed by atoms with E-state index in [2.05, 4.69) is 52.6 Å². The van der Waals surface area contributed by atoms with Gasteiger partial charge in [0.25, 0.3) is 0 Å². The van der Waals surface area contributed by atoms with Crippen LogP contribution in [0.2, 0.25) is 0 Å². The van der Waals surface area contributed by atoms with Gasteiger partial charge in [-0.25, -0.2) is 0 Å². The van der Waals surface area contributed by atoms with Crippen LogP contribution in [-0.2, 0) is 6.54 Å². The smallest absolute Gasteiger partial charge is 0.0536 e. The molecule has 106 valence electrons. The number of hydrogen-bond donors (Lipinski definition) is 1. The zero-order valence-electron chi connectivity index (χ0n) is 11.9. The van der Waals surface area contributed by atoms with Crippen LogP contribution in [-0.4, -0.2) is 40.4 Å². The van der Waals surface area contributed by atoms with Crippen LogP contribution >= 0.6 is 0 Å².